The third-order valence-electron chi connectivity index (χ3n) is 3.19. The molecule has 0 saturated carbocycles. The smallest absolute Gasteiger partial charge is 0.235 e. The van der Waals surface area contributed by atoms with Crippen LogP contribution in [0.4, 0.5) is 4.39 Å². The van der Waals surface area contributed by atoms with Crippen molar-refractivity contribution >= 4 is 28.0 Å². The molecule has 0 aliphatic heterocycles. The first-order chi connectivity index (χ1) is 11.2. The number of hydrogen-bond acceptors (Lipinski definition) is 4. The molecule has 130 valence electrons. The summed E-state index contributed by atoms with van der Waals surface area (Å²) in [6.07, 6.45) is 0. The number of carbonyl (C=O) groups is 1. The van der Waals surface area contributed by atoms with E-state index in [0.29, 0.717) is 5.69 Å². The van der Waals surface area contributed by atoms with Gasteiger partial charge in [0.2, 0.25) is 5.91 Å². The monoisotopic (exact) mass is 368 g/mol. The molecule has 0 bridgehead atoms. The van der Waals surface area contributed by atoms with E-state index in [1.807, 2.05) is 26.2 Å². The van der Waals surface area contributed by atoms with E-state index in [2.05, 4.69) is 10.3 Å². The zero-order chi connectivity index (χ0) is 17.9. The second-order valence-electron chi connectivity index (χ2n) is 6.56. The van der Waals surface area contributed by atoms with E-state index < -0.39 is 16.0 Å². The fourth-order valence-electron chi connectivity index (χ4n) is 1.96. The summed E-state index contributed by atoms with van der Waals surface area (Å²) in [5, 5.41) is 4.79. The summed E-state index contributed by atoms with van der Waals surface area (Å²) in [5.74, 6) is -0.304. The van der Waals surface area contributed by atoms with E-state index in [1.54, 1.807) is 19.1 Å². The Kier molecular flexibility index (Phi) is 5.87. The van der Waals surface area contributed by atoms with Gasteiger partial charge in [-0.3, -0.25) is 9.00 Å². The molecule has 24 heavy (non-hydrogen) atoms. The zero-order valence-electron chi connectivity index (χ0n) is 14.1. The first-order valence-electron chi connectivity index (χ1n) is 7.55. The third-order valence-corrected chi connectivity index (χ3v) is 5.72. The molecular formula is C17H21FN2O2S2. The molecule has 0 aliphatic rings. The lowest BCUT2D eigenvalue weighted by Crippen LogP contribution is -2.46. The maximum Gasteiger partial charge on any atom is 0.235 e. The topological polar surface area (TPSA) is 59.1 Å². The van der Waals surface area contributed by atoms with Crippen LogP contribution in [-0.4, -0.2) is 25.9 Å². The van der Waals surface area contributed by atoms with Crippen molar-refractivity contribution in [3.63, 3.8) is 0 Å². The highest BCUT2D eigenvalue weighted by Gasteiger charge is 2.24. The fraction of sp³-hybridized carbons (Fsp3) is 0.412. The van der Waals surface area contributed by atoms with Crippen molar-refractivity contribution in [2.45, 2.75) is 44.2 Å². The standard InChI is InChI=1S/C17H21FN2O2S2/c1-11(15(21)20-17(2,3)4)24(22)10-14-9-23-16(19-14)12-5-7-13(18)8-6-12/h5-9,11H,10H2,1-4H3,(H,20,21)/t11-,24-/m0/s1. The van der Waals surface area contributed by atoms with Gasteiger partial charge in [-0.1, -0.05) is 0 Å². The molecule has 0 saturated heterocycles. The molecule has 1 amide bonds. The Bertz CT molecular complexity index is 736. The largest absolute Gasteiger partial charge is 0.350 e. The SMILES string of the molecule is C[C@@H](C(=O)NC(C)(C)C)[S@@](=O)Cc1csc(-c2ccc(F)cc2)n1. The molecule has 2 rings (SSSR count). The van der Waals surface area contributed by atoms with Gasteiger partial charge < -0.3 is 5.32 Å². The highest BCUT2D eigenvalue weighted by molar-refractivity contribution is 7.85. The molecule has 1 aromatic carbocycles. The quantitative estimate of drug-likeness (QED) is 0.879. The molecule has 0 unspecified atom stereocenters. The summed E-state index contributed by atoms with van der Waals surface area (Å²) < 4.78 is 25.4. The van der Waals surface area contributed by atoms with Crippen molar-refractivity contribution < 1.29 is 13.4 Å². The second kappa shape index (κ2) is 7.53. The Morgan fingerprint density at radius 3 is 2.54 bits per heavy atom. The number of nitrogens with one attached hydrogen (secondary N) is 1. The van der Waals surface area contributed by atoms with Crippen LogP contribution in [0.15, 0.2) is 29.6 Å². The minimum absolute atomic E-state index is 0.219. The van der Waals surface area contributed by atoms with Gasteiger partial charge in [-0.2, -0.15) is 0 Å². The van der Waals surface area contributed by atoms with Crippen molar-refractivity contribution in [3.05, 3.63) is 41.2 Å². The number of aromatic nitrogens is 1. The fourth-order valence-corrected chi connectivity index (χ4v) is 3.88. The van der Waals surface area contributed by atoms with Crippen LogP contribution in [-0.2, 0) is 21.3 Å². The summed E-state index contributed by atoms with van der Waals surface area (Å²) >= 11 is 1.41. The van der Waals surface area contributed by atoms with Crippen LogP contribution in [0.25, 0.3) is 10.6 Å². The molecule has 0 spiro atoms. The Morgan fingerprint density at radius 1 is 1.33 bits per heavy atom. The first kappa shape index (κ1) is 18.7. The second-order valence-corrected chi connectivity index (χ2v) is 9.17. The summed E-state index contributed by atoms with van der Waals surface area (Å²) in [4.78, 5) is 16.5. The van der Waals surface area contributed by atoms with Gasteiger partial charge in [0.15, 0.2) is 0 Å². The minimum Gasteiger partial charge on any atom is -0.350 e. The molecule has 1 aromatic heterocycles. The van der Waals surface area contributed by atoms with E-state index in [4.69, 9.17) is 0 Å². The lowest BCUT2D eigenvalue weighted by molar-refractivity contribution is -0.121. The molecule has 2 aromatic rings. The van der Waals surface area contributed by atoms with Crippen molar-refractivity contribution in [2.24, 2.45) is 0 Å². The highest BCUT2D eigenvalue weighted by atomic mass is 32.2. The molecule has 1 heterocycles. The van der Waals surface area contributed by atoms with Gasteiger partial charge in [-0.15, -0.1) is 11.3 Å². The van der Waals surface area contributed by atoms with E-state index >= 15 is 0 Å². The Morgan fingerprint density at radius 2 is 1.96 bits per heavy atom. The van der Waals surface area contributed by atoms with Gasteiger partial charge in [0.1, 0.15) is 16.1 Å². The minimum atomic E-state index is -1.36. The van der Waals surface area contributed by atoms with E-state index in [0.717, 1.165) is 10.6 Å². The number of nitrogens with zero attached hydrogens (tertiary/aromatic N) is 1. The Hall–Kier alpha value is -1.60. The van der Waals surface area contributed by atoms with Crippen LogP contribution in [0.5, 0.6) is 0 Å². The van der Waals surface area contributed by atoms with Crippen molar-refractivity contribution in [3.8, 4) is 10.6 Å². The number of hydrogen-bond donors (Lipinski definition) is 1. The predicted octanol–water partition coefficient (Wildman–Crippen LogP) is 3.50. The Labute approximate surface area is 148 Å². The molecular weight excluding hydrogens is 347 g/mol. The molecule has 0 aliphatic carbocycles. The normalized spacial score (nSPS) is 14.2. The van der Waals surface area contributed by atoms with Crippen LogP contribution in [0, 0.1) is 5.82 Å². The van der Waals surface area contributed by atoms with Crippen molar-refractivity contribution in [1.29, 1.82) is 0 Å². The summed E-state index contributed by atoms with van der Waals surface area (Å²) in [5.41, 5.74) is 1.14. The summed E-state index contributed by atoms with van der Waals surface area (Å²) in [7, 11) is -1.36. The predicted molar refractivity (Wildman–Crippen MR) is 96.7 cm³/mol. The summed E-state index contributed by atoms with van der Waals surface area (Å²) in [6.45, 7) is 7.31. The van der Waals surface area contributed by atoms with Gasteiger partial charge in [-0.05, 0) is 52.0 Å². The lowest BCUT2D eigenvalue weighted by Gasteiger charge is -2.22. The van der Waals surface area contributed by atoms with Crippen LogP contribution in [0.3, 0.4) is 0 Å². The van der Waals surface area contributed by atoms with Gasteiger partial charge in [0.25, 0.3) is 0 Å². The van der Waals surface area contributed by atoms with E-state index in [1.165, 1.54) is 23.5 Å². The van der Waals surface area contributed by atoms with E-state index in [9.17, 15) is 13.4 Å². The average molecular weight is 368 g/mol. The maximum atomic E-state index is 13.0. The van der Waals surface area contributed by atoms with E-state index in [-0.39, 0.29) is 23.0 Å². The van der Waals surface area contributed by atoms with Crippen molar-refractivity contribution in [2.75, 3.05) is 0 Å². The highest BCUT2D eigenvalue weighted by Crippen LogP contribution is 2.24. The Balaban J connectivity index is 2.02. The van der Waals surface area contributed by atoms with Crippen LogP contribution >= 0.6 is 11.3 Å². The first-order valence-corrected chi connectivity index (χ1v) is 9.81. The molecule has 0 radical (unpaired) electrons. The van der Waals surface area contributed by atoms with Gasteiger partial charge >= 0.3 is 0 Å². The van der Waals surface area contributed by atoms with Gasteiger partial charge in [0.05, 0.1) is 11.4 Å². The number of benzene rings is 1. The molecule has 1 N–H and O–H groups in total. The van der Waals surface area contributed by atoms with Gasteiger partial charge in [-0.25, -0.2) is 9.37 Å². The number of thiazole rings is 1. The van der Waals surface area contributed by atoms with Crippen LogP contribution in [0.1, 0.15) is 33.4 Å². The number of halogens is 1. The maximum absolute atomic E-state index is 13.0. The third kappa shape index (κ3) is 5.21. The lowest BCUT2D eigenvalue weighted by atomic mass is 10.1. The average Bonchev–Trinajstić information content (AvgIpc) is 2.93. The van der Waals surface area contributed by atoms with Crippen molar-refractivity contribution in [1.82, 2.24) is 10.3 Å². The van der Waals surface area contributed by atoms with Crippen LogP contribution in [0.2, 0.25) is 0 Å². The number of carbonyl (C=O) groups excluding carboxylic acids is 1. The molecule has 2 atom stereocenters. The zero-order valence-corrected chi connectivity index (χ0v) is 15.8. The van der Waals surface area contributed by atoms with Crippen LogP contribution < -0.4 is 5.32 Å². The number of amides is 1. The molecule has 7 heteroatoms. The van der Waals surface area contributed by atoms with Gasteiger partial charge in [0, 0.05) is 27.3 Å². The molecule has 4 nitrogen and oxygen atoms in total. The molecule has 0 fully saturated rings. The number of rotatable bonds is 5. The summed E-state index contributed by atoms with van der Waals surface area (Å²) in [6, 6.07) is 6.09.